The number of aliphatic hydroxyl groups excluding tert-OH is 1. The van der Waals surface area contributed by atoms with Gasteiger partial charge in [-0.25, -0.2) is 4.79 Å². The van der Waals surface area contributed by atoms with Gasteiger partial charge in [-0.2, -0.15) is 0 Å². The molecule has 138 valence electrons. The summed E-state index contributed by atoms with van der Waals surface area (Å²) in [4.78, 5) is 14.4. The molecule has 2 unspecified atom stereocenters. The summed E-state index contributed by atoms with van der Waals surface area (Å²) in [5.74, 6) is 0.183. The summed E-state index contributed by atoms with van der Waals surface area (Å²) in [7, 11) is 0. The van der Waals surface area contributed by atoms with E-state index in [1.807, 2.05) is 66.4 Å². The molecule has 0 aromatic heterocycles. The predicted molar refractivity (Wildman–Crippen MR) is 104 cm³/mol. The number of hydrogen-bond acceptors (Lipinski definition) is 2. The number of urea groups is 1. The minimum absolute atomic E-state index is 0.0786. The lowest BCUT2D eigenvalue weighted by Gasteiger charge is -2.35. The fourth-order valence-electron chi connectivity index (χ4n) is 3.52. The van der Waals surface area contributed by atoms with Crippen LogP contribution in [0.5, 0.6) is 0 Å². The van der Waals surface area contributed by atoms with Crippen LogP contribution in [0.2, 0.25) is 5.02 Å². The smallest absolute Gasteiger partial charge is 0.317 e. The largest absolute Gasteiger partial charge is 0.388 e. The highest BCUT2D eigenvalue weighted by Gasteiger charge is 2.28. The molecule has 4 nitrogen and oxygen atoms in total. The van der Waals surface area contributed by atoms with Crippen molar-refractivity contribution in [3.05, 3.63) is 70.7 Å². The standard InChI is InChI=1S/C21H25ClN2O2/c1-15(18-9-5-6-10-19(18)22)23-21(26)24-13-11-17(12-14-24)20(25)16-7-3-2-4-8-16/h2-10,15,17,20,25H,11-14H2,1H3,(H,23,26). The van der Waals surface area contributed by atoms with Crippen LogP contribution in [0, 0.1) is 5.92 Å². The summed E-state index contributed by atoms with van der Waals surface area (Å²) in [6.07, 6.45) is 1.12. The number of carbonyl (C=O) groups excluding carboxylic acids is 1. The fraction of sp³-hybridized carbons (Fsp3) is 0.381. The highest BCUT2D eigenvalue weighted by atomic mass is 35.5. The van der Waals surface area contributed by atoms with E-state index in [9.17, 15) is 9.90 Å². The Bertz CT molecular complexity index is 730. The van der Waals surface area contributed by atoms with E-state index in [2.05, 4.69) is 5.32 Å². The summed E-state index contributed by atoms with van der Waals surface area (Å²) >= 11 is 6.21. The van der Waals surface area contributed by atoms with E-state index in [4.69, 9.17) is 11.6 Å². The first-order chi connectivity index (χ1) is 12.6. The van der Waals surface area contributed by atoms with Crippen molar-refractivity contribution in [2.45, 2.75) is 31.9 Å². The Hall–Kier alpha value is -2.04. The quantitative estimate of drug-likeness (QED) is 0.826. The van der Waals surface area contributed by atoms with Crippen LogP contribution in [0.25, 0.3) is 0 Å². The summed E-state index contributed by atoms with van der Waals surface area (Å²) < 4.78 is 0. The monoisotopic (exact) mass is 372 g/mol. The molecule has 2 aromatic carbocycles. The van der Waals surface area contributed by atoms with E-state index in [-0.39, 0.29) is 18.0 Å². The number of benzene rings is 2. The van der Waals surface area contributed by atoms with Crippen LogP contribution < -0.4 is 5.32 Å². The summed E-state index contributed by atoms with van der Waals surface area (Å²) in [5.41, 5.74) is 1.86. The Morgan fingerprint density at radius 2 is 1.73 bits per heavy atom. The third kappa shape index (κ3) is 4.37. The molecule has 2 aromatic rings. The van der Waals surface area contributed by atoms with E-state index in [1.165, 1.54) is 0 Å². The van der Waals surface area contributed by atoms with Crippen molar-refractivity contribution in [2.24, 2.45) is 5.92 Å². The van der Waals surface area contributed by atoms with Crippen molar-refractivity contribution < 1.29 is 9.90 Å². The molecule has 26 heavy (non-hydrogen) atoms. The summed E-state index contributed by atoms with van der Waals surface area (Å²) in [6, 6.07) is 17.1. The molecule has 5 heteroatoms. The third-order valence-corrected chi connectivity index (χ3v) is 5.47. The Labute approximate surface area is 159 Å². The molecule has 1 heterocycles. The molecule has 1 fully saturated rings. The SMILES string of the molecule is CC(NC(=O)N1CCC(C(O)c2ccccc2)CC1)c1ccccc1Cl. The van der Waals surface area contributed by atoms with Gasteiger partial charge in [0.05, 0.1) is 12.1 Å². The van der Waals surface area contributed by atoms with Gasteiger partial charge in [0, 0.05) is 18.1 Å². The number of nitrogens with one attached hydrogen (secondary N) is 1. The Morgan fingerprint density at radius 1 is 1.12 bits per heavy atom. The number of amides is 2. The van der Waals surface area contributed by atoms with E-state index < -0.39 is 6.10 Å². The van der Waals surface area contributed by atoms with Gasteiger partial charge in [0.1, 0.15) is 0 Å². The predicted octanol–water partition coefficient (Wildman–Crippen LogP) is 4.56. The maximum Gasteiger partial charge on any atom is 0.317 e. The van der Waals surface area contributed by atoms with Crippen molar-refractivity contribution in [1.29, 1.82) is 0 Å². The molecule has 2 N–H and O–H groups in total. The number of halogens is 1. The van der Waals surface area contributed by atoms with Crippen LogP contribution in [0.4, 0.5) is 4.79 Å². The average molecular weight is 373 g/mol. The second-order valence-corrected chi connectivity index (χ2v) is 7.28. The number of piperidine rings is 1. The number of nitrogens with zero attached hydrogens (tertiary/aromatic N) is 1. The van der Waals surface area contributed by atoms with Crippen LogP contribution in [0.15, 0.2) is 54.6 Å². The number of aliphatic hydroxyl groups is 1. The second-order valence-electron chi connectivity index (χ2n) is 6.87. The van der Waals surface area contributed by atoms with Crippen molar-refractivity contribution in [2.75, 3.05) is 13.1 Å². The maximum atomic E-state index is 12.5. The lowest BCUT2D eigenvalue weighted by molar-refractivity contribution is 0.0662. The topological polar surface area (TPSA) is 52.6 Å². The second kappa shape index (κ2) is 8.56. The Balaban J connectivity index is 1.53. The normalized spacial score (nSPS) is 17.6. The molecule has 2 atom stereocenters. The van der Waals surface area contributed by atoms with Gasteiger partial charge in [0.25, 0.3) is 0 Å². The molecule has 0 saturated carbocycles. The molecule has 0 spiro atoms. The first-order valence-electron chi connectivity index (χ1n) is 9.09. The third-order valence-electron chi connectivity index (χ3n) is 5.13. The van der Waals surface area contributed by atoms with Gasteiger partial charge < -0.3 is 15.3 Å². The van der Waals surface area contributed by atoms with Crippen molar-refractivity contribution in [3.8, 4) is 0 Å². The van der Waals surface area contributed by atoms with E-state index in [0.717, 1.165) is 24.0 Å². The molecule has 2 amide bonds. The lowest BCUT2D eigenvalue weighted by atomic mass is 9.87. The number of likely N-dealkylation sites (tertiary alicyclic amines) is 1. The minimum atomic E-state index is -0.469. The van der Waals surface area contributed by atoms with Crippen LogP contribution >= 0.6 is 11.6 Å². The van der Waals surface area contributed by atoms with Gasteiger partial charge in [-0.05, 0) is 42.9 Å². The fourth-order valence-corrected chi connectivity index (χ4v) is 3.82. The Morgan fingerprint density at radius 3 is 2.38 bits per heavy atom. The van der Waals surface area contributed by atoms with Gasteiger partial charge in [-0.1, -0.05) is 60.1 Å². The molecule has 0 bridgehead atoms. The van der Waals surface area contributed by atoms with Crippen molar-refractivity contribution in [1.82, 2.24) is 10.2 Å². The number of rotatable bonds is 4. The minimum Gasteiger partial charge on any atom is -0.388 e. The zero-order valence-corrected chi connectivity index (χ0v) is 15.7. The molecular weight excluding hydrogens is 348 g/mol. The zero-order chi connectivity index (χ0) is 18.5. The molecule has 1 aliphatic heterocycles. The van der Waals surface area contributed by atoms with Gasteiger partial charge in [-0.15, -0.1) is 0 Å². The van der Waals surface area contributed by atoms with Crippen LogP contribution in [-0.2, 0) is 0 Å². The van der Waals surface area contributed by atoms with Gasteiger partial charge in [-0.3, -0.25) is 0 Å². The molecule has 0 aliphatic carbocycles. The first-order valence-corrected chi connectivity index (χ1v) is 9.47. The van der Waals surface area contributed by atoms with Crippen LogP contribution in [-0.4, -0.2) is 29.1 Å². The van der Waals surface area contributed by atoms with E-state index >= 15 is 0 Å². The molecule has 1 aliphatic rings. The van der Waals surface area contributed by atoms with E-state index in [1.54, 1.807) is 0 Å². The molecular formula is C21H25ClN2O2. The summed E-state index contributed by atoms with van der Waals surface area (Å²) in [6.45, 7) is 3.23. The zero-order valence-electron chi connectivity index (χ0n) is 14.9. The highest BCUT2D eigenvalue weighted by Crippen LogP contribution is 2.31. The number of hydrogen-bond donors (Lipinski definition) is 2. The Kier molecular flexibility index (Phi) is 6.17. The maximum absolute atomic E-state index is 12.5. The van der Waals surface area contributed by atoms with Gasteiger partial charge in [0.15, 0.2) is 0 Å². The van der Waals surface area contributed by atoms with Crippen LogP contribution in [0.1, 0.15) is 43.0 Å². The van der Waals surface area contributed by atoms with Gasteiger partial charge in [0.2, 0.25) is 0 Å². The van der Waals surface area contributed by atoms with Crippen molar-refractivity contribution >= 4 is 17.6 Å². The highest BCUT2D eigenvalue weighted by molar-refractivity contribution is 6.31. The molecule has 1 saturated heterocycles. The van der Waals surface area contributed by atoms with E-state index in [0.29, 0.717) is 18.1 Å². The average Bonchev–Trinajstić information content (AvgIpc) is 2.68. The van der Waals surface area contributed by atoms with Gasteiger partial charge >= 0.3 is 6.03 Å². The number of carbonyl (C=O) groups is 1. The summed E-state index contributed by atoms with van der Waals surface area (Å²) in [5, 5.41) is 14.2. The van der Waals surface area contributed by atoms with Crippen molar-refractivity contribution in [3.63, 3.8) is 0 Å². The molecule has 3 rings (SSSR count). The lowest BCUT2D eigenvalue weighted by Crippen LogP contribution is -2.45. The first kappa shape index (κ1) is 18.7. The van der Waals surface area contributed by atoms with Crippen LogP contribution in [0.3, 0.4) is 0 Å². The molecule has 0 radical (unpaired) electrons.